The van der Waals surface area contributed by atoms with Crippen molar-refractivity contribution in [3.05, 3.63) is 50.8 Å². The molecule has 2 aliphatic heterocycles. The molecule has 1 fully saturated rings. The highest BCUT2D eigenvalue weighted by Crippen LogP contribution is 2.40. The van der Waals surface area contributed by atoms with E-state index in [1.165, 1.54) is 28.8 Å². The summed E-state index contributed by atoms with van der Waals surface area (Å²) in [6.45, 7) is 3.69. The molecule has 0 bridgehead atoms. The summed E-state index contributed by atoms with van der Waals surface area (Å²) in [5.41, 5.74) is 0.909. The molecule has 0 amide bonds. The van der Waals surface area contributed by atoms with E-state index < -0.39 is 40.7 Å². The van der Waals surface area contributed by atoms with Crippen molar-refractivity contribution in [2.45, 2.75) is 31.9 Å². The lowest BCUT2D eigenvalue weighted by Crippen LogP contribution is -2.29. The van der Waals surface area contributed by atoms with Crippen LogP contribution in [0.2, 0.25) is 0 Å². The Kier molecular flexibility index (Phi) is 6.17. The number of hydrogen-bond acceptors (Lipinski definition) is 6. The van der Waals surface area contributed by atoms with E-state index in [9.17, 15) is 23.9 Å². The van der Waals surface area contributed by atoms with Gasteiger partial charge in [0.1, 0.15) is 23.2 Å². The summed E-state index contributed by atoms with van der Waals surface area (Å²) in [5, 5.41) is 24.9. The van der Waals surface area contributed by atoms with Crippen LogP contribution in [0.1, 0.15) is 36.2 Å². The van der Waals surface area contributed by atoms with Gasteiger partial charge in [-0.25, -0.2) is 18.4 Å². The zero-order chi connectivity index (χ0) is 24.9. The van der Waals surface area contributed by atoms with Gasteiger partial charge >= 0.3 is 11.9 Å². The smallest absolute Gasteiger partial charge is 0.341 e. The molecule has 1 atom stereocenters. The van der Waals surface area contributed by atoms with E-state index in [1.54, 1.807) is 4.90 Å². The van der Waals surface area contributed by atoms with E-state index in [0.717, 1.165) is 32.0 Å². The standard InChI is InChI=1S/C20H19F2N3O3.C3H6O3/c1-23-5-10-7-24(8-11(10)6-23)18-15(21)4-13-17(16(18)22)25(12-2-3-12)9-14(19(13)26)20(27)28;1-2(4)3(5)6/h4,9,12H,2-3,5-8H2,1H3,(H,27,28);2,4H,1H3,(H,5,6). The van der Waals surface area contributed by atoms with Crippen molar-refractivity contribution < 1.29 is 33.7 Å². The molecule has 9 nitrogen and oxygen atoms in total. The number of carboxylic acid groups (broad SMARTS) is 2. The number of likely N-dealkylation sites (N-methyl/N-ethyl adjacent to an activating group) is 1. The van der Waals surface area contributed by atoms with Crippen LogP contribution in [0.15, 0.2) is 28.2 Å². The molecule has 0 spiro atoms. The lowest BCUT2D eigenvalue weighted by molar-refractivity contribution is -0.145. The topological polar surface area (TPSA) is 123 Å². The largest absolute Gasteiger partial charge is 0.479 e. The Morgan fingerprint density at radius 1 is 1.09 bits per heavy atom. The normalized spacial score (nSPS) is 18.7. The van der Waals surface area contributed by atoms with Gasteiger partial charge in [0, 0.05) is 38.4 Å². The van der Waals surface area contributed by atoms with Gasteiger partial charge < -0.3 is 24.8 Å². The number of anilines is 1. The molecule has 1 aromatic heterocycles. The Morgan fingerprint density at radius 3 is 2.12 bits per heavy atom. The number of carbonyl (C=O) groups is 2. The van der Waals surface area contributed by atoms with Gasteiger partial charge in [0.25, 0.3) is 0 Å². The molecule has 2 aromatic rings. The van der Waals surface area contributed by atoms with E-state index in [0.29, 0.717) is 13.1 Å². The second-order valence-corrected chi connectivity index (χ2v) is 8.98. The highest BCUT2D eigenvalue weighted by atomic mass is 19.1. The molecule has 0 radical (unpaired) electrons. The highest BCUT2D eigenvalue weighted by Gasteiger charge is 2.34. The summed E-state index contributed by atoms with van der Waals surface area (Å²) in [5.74, 6) is -4.20. The fourth-order valence-electron chi connectivity index (χ4n) is 4.44. The van der Waals surface area contributed by atoms with E-state index in [1.807, 2.05) is 7.05 Å². The molecule has 1 aliphatic carbocycles. The minimum absolute atomic E-state index is 0.00178. The number of hydrogen-bond donors (Lipinski definition) is 3. The van der Waals surface area contributed by atoms with Crippen LogP contribution in [0, 0.1) is 11.6 Å². The first-order valence-corrected chi connectivity index (χ1v) is 10.8. The number of nitrogens with zero attached hydrogens (tertiary/aromatic N) is 3. The maximum Gasteiger partial charge on any atom is 0.341 e. The summed E-state index contributed by atoms with van der Waals surface area (Å²) in [7, 11) is 2.01. The summed E-state index contributed by atoms with van der Waals surface area (Å²) >= 11 is 0. The van der Waals surface area contributed by atoms with Crippen molar-refractivity contribution >= 4 is 28.5 Å². The summed E-state index contributed by atoms with van der Waals surface area (Å²) in [6, 6.07) is 0.932. The third kappa shape index (κ3) is 4.28. The fourth-order valence-corrected chi connectivity index (χ4v) is 4.44. The first kappa shape index (κ1) is 23.8. The fraction of sp³-hybridized carbons (Fsp3) is 0.435. The predicted molar refractivity (Wildman–Crippen MR) is 119 cm³/mol. The number of aromatic carboxylic acids is 1. The van der Waals surface area contributed by atoms with Crippen LogP contribution < -0.4 is 10.3 Å². The lowest BCUT2D eigenvalue weighted by Gasteiger charge is -2.24. The molecule has 5 rings (SSSR count). The molecule has 1 saturated carbocycles. The third-order valence-corrected chi connectivity index (χ3v) is 6.21. The number of benzene rings is 1. The molecule has 11 heteroatoms. The Balaban J connectivity index is 0.000000408. The number of rotatable bonds is 4. The molecule has 34 heavy (non-hydrogen) atoms. The molecule has 3 aliphatic rings. The van der Waals surface area contributed by atoms with Gasteiger partial charge in [-0.05, 0) is 44.0 Å². The third-order valence-electron chi connectivity index (χ3n) is 6.21. The molecular weight excluding hydrogens is 452 g/mol. The average Bonchev–Trinajstić information content (AvgIpc) is 3.43. The first-order chi connectivity index (χ1) is 16.0. The van der Waals surface area contributed by atoms with Crippen LogP contribution in [-0.2, 0) is 4.79 Å². The zero-order valence-corrected chi connectivity index (χ0v) is 18.7. The van der Waals surface area contributed by atoms with Crippen LogP contribution in [0.4, 0.5) is 14.5 Å². The quantitative estimate of drug-likeness (QED) is 0.570. The van der Waals surface area contributed by atoms with Crippen molar-refractivity contribution in [3.8, 4) is 0 Å². The maximum absolute atomic E-state index is 15.6. The number of halogens is 2. The minimum Gasteiger partial charge on any atom is -0.479 e. The van der Waals surface area contributed by atoms with Crippen LogP contribution in [-0.4, -0.2) is 76.1 Å². The van der Waals surface area contributed by atoms with Crippen molar-refractivity contribution in [1.82, 2.24) is 9.47 Å². The van der Waals surface area contributed by atoms with Gasteiger partial charge in [-0.3, -0.25) is 9.69 Å². The average molecular weight is 477 g/mol. The zero-order valence-electron chi connectivity index (χ0n) is 18.7. The maximum atomic E-state index is 15.6. The number of aromatic nitrogens is 1. The first-order valence-electron chi connectivity index (χ1n) is 10.8. The van der Waals surface area contributed by atoms with Gasteiger partial charge in [0.05, 0.1) is 10.9 Å². The summed E-state index contributed by atoms with van der Waals surface area (Å²) < 4.78 is 32.0. The van der Waals surface area contributed by atoms with Gasteiger partial charge in [-0.2, -0.15) is 0 Å². The van der Waals surface area contributed by atoms with E-state index >= 15 is 4.39 Å². The predicted octanol–water partition coefficient (Wildman–Crippen LogP) is 1.83. The molecule has 0 saturated heterocycles. The molecule has 182 valence electrons. The number of fused-ring (bicyclic) bond motifs is 1. The van der Waals surface area contributed by atoms with Crippen molar-refractivity contribution in [1.29, 1.82) is 0 Å². The second-order valence-electron chi connectivity index (χ2n) is 8.98. The summed E-state index contributed by atoms with van der Waals surface area (Å²) in [4.78, 5) is 37.3. The van der Waals surface area contributed by atoms with Crippen LogP contribution >= 0.6 is 0 Å². The molecule has 3 N–H and O–H groups in total. The Hall–Kier alpha value is -3.31. The molecular formula is C23H25F2N3O6. The second kappa shape index (κ2) is 8.80. The summed E-state index contributed by atoms with van der Waals surface area (Å²) in [6.07, 6.45) is 1.52. The van der Waals surface area contributed by atoms with Crippen molar-refractivity contribution in [2.24, 2.45) is 0 Å². The highest BCUT2D eigenvalue weighted by molar-refractivity contribution is 5.94. The number of aliphatic hydroxyl groups excluding tert-OH is 1. The van der Waals surface area contributed by atoms with E-state index in [4.69, 9.17) is 10.2 Å². The lowest BCUT2D eigenvalue weighted by atomic mass is 10.1. The minimum atomic E-state index is -1.39. The number of aliphatic carboxylic acids is 1. The number of pyridine rings is 1. The van der Waals surface area contributed by atoms with Crippen LogP contribution in [0.3, 0.4) is 0 Å². The van der Waals surface area contributed by atoms with Gasteiger partial charge in [0.2, 0.25) is 5.43 Å². The van der Waals surface area contributed by atoms with E-state index in [-0.39, 0.29) is 22.6 Å². The SMILES string of the molecule is CC(O)C(=O)O.CN1CC2=C(C1)CN(c1c(F)cc3c(=O)c(C(=O)O)cn(C4CC4)c3c1F)C2. The van der Waals surface area contributed by atoms with Crippen LogP contribution in [0.25, 0.3) is 10.9 Å². The van der Waals surface area contributed by atoms with Crippen LogP contribution in [0.5, 0.6) is 0 Å². The monoisotopic (exact) mass is 477 g/mol. The van der Waals surface area contributed by atoms with Crippen molar-refractivity contribution in [3.63, 3.8) is 0 Å². The van der Waals surface area contributed by atoms with E-state index in [2.05, 4.69) is 4.90 Å². The number of aliphatic hydroxyl groups is 1. The Labute approximate surface area is 193 Å². The Morgan fingerprint density at radius 2 is 1.65 bits per heavy atom. The van der Waals surface area contributed by atoms with Gasteiger partial charge in [0.15, 0.2) is 5.82 Å². The van der Waals surface area contributed by atoms with Gasteiger partial charge in [-0.15, -0.1) is 0 Å². The van der Waals surface area contributed by atoms with Gasteiger partial charge in [-0.1, -0.05) is 0 Å². The van der Waals surface area contributed by atoms with Crippen molar-refractivity contribution in [2.75, 3.05) is 38.1 Å². The molecule has 1 aromatic carbocycles. The molecule has 1 unspecified atom stereocenters. The number of carboxylic acids is 2. The molecule has 3 heterocycles. The Bertz CT molecular complexity index is 1260.